The molecule has 0 aliphatic rings. The van der Waals surface area contributed by atoms with Gasteiger partial charge >= 0.3 is 0 Å². The number of aromatic nitrogens is 2. The Morgan fingerprint density at radius 2 is 1.43 bits per heavy atom. The van der Waals surface area contributed by atoms with Crippen LogP contribution in [0, 0.1) is 6.92 Å². The van der Waals surface area contributed by atoms with Gasteiger partial charge in [0.05, 0.1) is 36.8 Å². The molecule has 23 heavy (non-hydrogen) atoms. The minimum Gasteiger partial charge on any atom is -0.438 e. The van der Waals surface area contributed by atoms with E-state index in [2.05, 4.69) is 37.5 Å². The molecule has 0 unspecified atom stereocenters. The third-order valence-corrected chi connectivity index (χ3v) is 33.6. The van der Waals surface area contributed by atoms with Crippen molar-refractivity contribution in [1.82, 2.24) is 9.97 Å². The summed E-state index contributed by atoms with van der Waals surface area (Å²) in [5.74, 6) is 0. The molecule has 2 aromatic rings. The maximum absolute atomic E-state index is 4.20. The molecule has 0 bridgehead atoms. The first-order chi connectivity index (χ1) is 11.2. The van der Waals surface area contributed by atoms with Crippen LogP contribution in [0.2, 0.25) is 0 Å². The van der Waals surface area contributed by atoms with E-state index >= 15 is 0 Å². The van der Waals surface area contributed by atoms with Gasteiger partial charge in [-0.3, -0.25) is 9.97 Å². The SMILES string of the molecule is Cc1ccncc1N([SiH2][SiH3])[SiH2][SiH3].[SiH3][SiH2]N([SiH2][SiH3])c1cccnc1. The van der Waals surface area contributed by atoms with Crippen molar-refractivity contribution in [2.24, 2.45) is 0 Å². The average Bonchev–Trinajstić information content (AvgIpc) is 2.60. The lowest BCUT2D eigenvalue weighted by atomic mass is 10.3. The van der Waals surface area contributed by atoms with Crippen LogP contribution in [-0.4, -0.2) is 85.8 Å². The molecule has 0 amide bonds. The molecule has 2 heterocycles. The molecule has 0 aliphatic carbocycles. The second-order valence-corrected chi connectivity index (χ2v) is 20.2. The minimum absolute atomic E-state index is 0.137. The molecule has 2 rings (SSSR count). The molecule has 0 radical (unpaired) electrons. The first kappa shape index (κ1) is 20.7. The second kappa shape index (κ2) is 12.1. The number of rotatable bonds is 6. The van der Waals surface area contributed by atoms with Crippen molar-refractivity contribution in [2.75, 3.05) is 8.46 Å². The highest BCUT2D eigenvalue weighted by molar-refractivity contribution is 7.06. The monoisotopic (exact) mass is 442 g/mol. The van der Waals surface area contributed by atoms with Crippen LogP contribution < -0.4 is 8.46 Å². The average molecular weight is 443 g/mol. The van der Waals surface area contributed by atoms with Crippen molar-refractivity contribution in [3.63, 3.8) is 0 Å². The van der Waals surface area contributed by atoms with E-state index in [0.717, 1.165) is 0 Å². The Morgan fingerprint density at radius 3 is 1.91 bits per heavy atom. The highest BCUT2D eigenvalue weighted by atomic mass is 29.2. The quantitative estimate of drug-likeness (QED) is 0.416. The summed E-state index contributed by atoms with van der Waals surface area (Å²) in [4.78, 5) is 8.33. The fourth-order valence-electron chi connectivity index (χ4n) is 2.48. The number of pyridine rings is 2. The van der Waals surface area contributed by atoms with Crippen LogP contribution in [0.25, 0.3) is 0 Å². The van der Waals surface area contributed by atoms with Gasteiger partial charge in [0.25, 0.3) is 0 Å². The van der Waals surface area contributed by atoms with E-state index < -0.39 is 0 Å². The molecule has 0 saturated carbocycles. The van der Waals surface area contributed by atoms with Crippen molar-refractivity contribution in [3.05, 3.63) is 48.5 Å². The van der Waals surface area contributed by atoms with Crippen LogP contribution >= 0.6 is 0 Å². The predicted octanol–water partition coefficient (Wildman–Crippen LogP) is -6.46. The molecule has 0 aliphatic heterocycles. The summed E-state index contributed by atoms with van der Waals surface area (Å²) in [6.07, 6.45) is 7.80. The molecule has 0 aromatic carbocycles. The molecule has 126 valence electrons. The lowest BCUT2D eigenvalue weighted by Gasteiger charge is -2.22. The van der Waals surface area contributed by atoms with Gasteiger partial charge in [-0.25, -0.2) is 0 Å². The normalized spacial score (nSPS) is 12.4. The Bertz CT molecular complexity index is 553. The zero-order valence-corrected chi connectivity index (χ0v) is 28.8. The summed E-state index contributed by atoms with van der Waals surface area (Å²) in [6.45, 7) is 2.20. The van der Waals surface area contributed by atoms with Crippen LogP contribution in [0.5, 0.6) is 0 Å². The molecule has 0 atom stereocenters. The molecular weight excluding hydrogens is 413 g/mol. The number of nitrogens with zero attached hydrogens (tertiary/aromatic N) is 4. The van der Waals surface area contributed by atoms with E-state index in [-0.39, 0.29) is 36.8 Å². The van der Waals surface area contributed by atoms with Crippen molar-refractivity contribution < 1.29 is 0 Å². The second-order valence-electron chi connectivity index (χ2n) is 5.22. The highest BCUT2D eigenvalue weighted by Crippen LogP contribution is 2.14. The molecular formula is C11H30N4Si8. The predicted molar refractivity (Wildman–Crippen MR) is 132 cm³/mol. The first-order valence-corrected chi connectivity index (χ1v) is 33.6. The largest absolute Gasteiger partial charge is 0.438 e. The first-order valence-electron chi connectivity index (χ1n) is 8.48. The Kier molecular flexibility index (Phi) is 10.8. The van der Waals surface area contributed by atoms with E-state index in [0.29, 0.717) is 0 Å². The van der Waals surface area contributed by atoms with Gasteiger partial charge in [0.2, 0.25) is 0 Å². The molecule has 2 aromatic heterocycles. The van der Waals surface area contributed by atoms with E-state index in [1.807, 2.05) is 30.9 Å². The number of hydrogen-bond acceptors (Lipinski definition) is 4. The van der Waals surface area contributed by atoms with Gasteiger partial charge in [-0.15, -0.1) is 0 Å². The van der Waals surface area contributed by atoms with Gasteiger partial charge in [0.15, 0.2) is 0 Å². The number of anilines is 2. The van der Waals surface area contributed by atoms with E-state index in [1.54, 1.807) is 0 Å². The summed E-state index contributed by atoms with van der Waals surface area (Å²) < 4.78 is 5.38. The Morgan fingerprint density at radius 1 is 0.826 bits per heavy atom. The van der Waals surface area contributed by atoms with Crippen LogP contribution in [0.3, 0.4) is 0 Å². The summed E-state index contributed by atoms with van der Waals surface area (Å²) in [5.41, 5.74) is 4.26. The zero-order chi connectivity index (χ0) is 17.1. The third kappa shape index (κ3) is 6.95. The molecule has 0 saturated heterocycles. The number of hydrogen-bond donors (Lipinski definition) is 0. The van der Waals surface area contributed by atoms with E-state index in [4.69, 9.17) is 0 Å². The van der Waals surface area contributed by atoms with Crippen LogP contribution in [0.4, 0.5) is 11.4 Å². The fraction of sp³-hybridized carbons (Fsp3) is 0.0909. The van der Waals surface area contributed by atoms with Gasteiger partial charge < -0.3 is 8.46 Å². The summed E-state index contributed by atoms with van der Waals surface area (Å²) >= 11 is 0. The molecule has 0 N–H and O–H groups in total. The highest BCUT2D eigenvalue weighted by Gasteiger charge is 2.03. The maximum atomic E-state index is 4.20. The van der Waals surface area contributed by atoms with Crippen molar-refractivity contribution in [1.29, 1.82) is 0 Å². The standard InChI is InChI=1S/C6H16N2Si4.C5H14N2Si4/c1-5-2-3-7-4-6(5)8(11-9)12-10;8-10-7(11-9)5-2-1-3-6-4-5/h2-4H,11-12H2,1,9-10H3;1-4H,10-11H2,8-9H3. The van der Waals surface area contributed by atoms with Gasteiger partial charge in [-0.1, -0.05) is 0 Å². The number of aryl methyl sites for hydroxylation is 1. The van der Waals surface area contributed by atoms with E-state index in [9.17, 15) is 0 Å². The lowest BCUT2D eigenvalue weighted by molar-refractivity contribution is 1.27. The van der Waals surface area contributed by atoms with Crippen molar-refractivity contribution >= 4 is 87.2 Å². The van der Waals surface area contributed by atoms with E-state index in [1.165, 1.54) is 56.0 Å². The molecule has 12 heteroatoms. The van der Waals surface area contributed by atoms with Crippen LogP contribution in [-0.2, 0) is 0 Å². The molecule has 0 spiro atoms. The Hall–Kier alpha value is -0.365. The van der Waals surface area contributed by atoms with Gasteiger partial charge in [-0.2, -0.15) is 0 Å². The minimum atomic E-state index is 0.137. The summed E-state index contributed by atoms with van der Waals surface area (Å²) in [6, 6.07) is 6.36. The maximum Gasteiger partial charge on any atom is 0.0923 e. The zero-order valence-electron chi connectivity index (χ0n) is 15.2. The van der Waals surface area contributed by atoms with Crippen LogP contribution in [0.1, 0.15) is 5.56 Å². The fourth-order valence-corrected chi connectivity index (χ4v) is 44.9. The van der Waals surface area contributed by atoms with Gasteiger partial charge in [0.1, 0.15) is 0 Å². The van der Waals surface area contributed by atoms with Crippen LogP contribution in [0.15, 0.2) is 43.0 Å². The summed E-state index contributed by atoms with van der Waals surface area (Å²) in [5, 5.41) is 0. The molecule has 0 fully saturated rings. The Balaban J connectivity index is 0.000000231. The van der Waals surface area contributed by atoms with Gasteiger partial charge in [0, 0.05) is 75.2 Å². The molecule has 4 nitrogen and oxygen atoms in total. The van der Waals surface area contributed by atoms with Crippen molar-refractivity contribution in [2.45, 2.75) is 6.92 Å². The third-order valence-electron chi connectivity index (χ3n) is 3.89. The Labute approximate surface area is 160 Å². The smallest absolute Gasteiger partial charge is 0.0923 e. The lowest BCUT2D eigenvalue weighted by Crippen LogP contribution is -2.33. The topological polar surface area (TPSA) is 32.3 Å². The van der Waals surface area contributed by atoms with Crippen molar-refractivity contribution in [3.8, 4) is 0 Å². The van der Waals surface area contributed by atoms with Gasteiger partial charge in [-0.05, 0) is 30.7 Å². The summed E-state index contributed by atoms with van der Waals surface area (Å²) in [7, 11) is 6.23.